The quantitative estimate of drug-likeness (QED) is 0.823. The number of ether oxygens (including phenoxy) is 1. The first-order chi connectivity index (χ1) is 8.72. The molecule has 1 aromatic heterocycles. The van der Waals surface area contributed by atoms with Gasteiger partial charge in [0.25, 0.3) is 0 Å². The van der Waals surface area contributed by atoms with Crippen molar-refractivity contribution in [2.24, 2.45) is 5.73 Å². The number of pyridine rings is 1. The summed E-state index contributed by atoms with van der Waals surface area (Å²) in [7, 11) is 1.72. The minimum Gasteiger partial charge on any atom is -0.385 e. The third-order valence-corrected chi connectivity index (χ3v) is 3.14. The number of hydrogen-bond donors (Lipinski definition) is 1. The molecule has 2 aromatic rings. The van der Waals surface area contributed by atoms with E-state index in [1.54, 1.807) is 7.11 Å². The number of nitrogens with two attached hydrogens (primary N) is 1. The summed E-state index contributed by atoms with van der Waals surface area (Å²) in [6.07, 6.45) is 1.91. The Morgan fingerprint density at radius 2 is 2.11 bits per heavy atom. The minimum atomic E-state index is 0.0479. The molecule has 1 atom stereocenters. The summed E-state index contributed by atoms with van der Waals surface area (Å²) in [5, 5.41) is 1.16. The maximum absolute atomic E-state index is 6.29. The van der Waals surface area contributed by atoms with Crippen molar-refractivity contribution in [1.29, 1.82) is 0 Å². The van der Waals surface area contributed by atoms with Gasteiger partial charge in [0.1, 0.15) is 0 Å². The smallest absolute Gasteiger partial charge is 0.0708 e. The Bertz CT molecular complexity index is 525. The van der Waals surface area contributed by atoms with Crippen LogP contribution in [0.15, 0.2) is 30.3 Å². The minimum absolute atomic E-state index is 0.0479. The molecule has 0 fully saturated rings. The van der Waals surface area contributed by atoms with Crippen LogP contribution in [0, 0.1) is 6.92 Å². The van der Waals surface area contributed by atoms with Crippen molar-refractivity contribution >= 4 is 10.9 Å². The molecule has 0 saturated carbocycles. The van der Waals surface area contributed by atoms with Crippen molar-refractivity contribution < 1.29 is 4.74 Å². The molecule has 96 valence electrons. The van der Waals surface area contributed by atoms with Gasteiger partial charge in [0.15, 0.2) is 0 Å². The number of fused-ring (bicyclic) bond motifs is 1. The topological polar surface area (TPSA) is 48.1 Å². The largest absolute Gasteiger partial charge is 0.385 e. The van der Waals surface area contributed by atoms with Crippen LogP contribution >= 0.6 is 0 Å². The molecular formula is C15H20N2O. The van der Waals surface area contributed by atoms with Crippen molar-refractivity contribution in [3.8, 4) is 0 Å². The zero-order valence-corrected chi connectivity index (χ0v) is 11.0. The average Bonchev–Trinajstić information content (AvgIpc) is 2.38. The molecule has 0 aliphatic heterocycles. The van der Waals surface area contributed by atoms with E-state index < -0.39 is 0 Å². The van der Waals surface area contributed by atoms with E-state index in [0.717, 1.165) is 36.0 Å². The predicted octanol–water partition coefficient (Wildman–Crippen LogP) is 2.97. The molecule has 1 aromatic carbocycles. The van der Waals surface area contributed by atoms with Crippen LogP contribution in [0.1, 0.15) is 30.1 Å². The van der Waals surface area contributed by atoms with E-state index in [-0.39, 0.29) is 6.04 Å². The van der Waals surface area contributed by atoms with Crippen LogP contribution in [-0.4, -0.2) is 18.7 Å². The molecule has 18 heavy (non-hydrogen) atoms. The van der Waals surface area contributed by atoms with E-state index in [4.69, 9.17) is 10.5 Å². The van der Waals surface area contributed by atoms with Gasteiger partial charge in [0.05, 0.1) is 5.52 Å². The Balaban J connectivity index is 2.31. The molecule has 0 bridgehead atoms. The molecule has 3 nitrogen and oxygen atoms in total. The second kappa shape index (κ2) is 5.94. The van der Waals surface area contributed by atoms with Crippen LogP contribution in [0.25, 0.3) is 10.9 Å². The van der Waals surface area contributed by atoms with Gasteiger partial charge < -0.3 is 10.5 Å². The second-order valence-corrected chi connectivity index (χ2v) is 4.61. The zero-order chi connectivity index (χ0) is 13.0. The van der Waals surface area contributed by atoms with E-state index in [1.807, 2.05) is 25.1 Å². The molecule has 2 N–H and O–H groups in total. The molecule has 0 amide bonds. The Kier molecular flexibility index (Phi) is 4.28. The summed E-state index contributed by atoms with van der Waals surface area (Å²) in [4.78, 5) is 4.53. The number of rotatable bonds is 5. The van der Waals surface area contributed by atoms with E-state index in [0.29, 0.717) is 0 Å². The van der Waals surface area contributed by atoms with Gasteiger partial charge in [-0.05, 0) is 37.5 Å². The summed E-state index contributed by atoms with van der Waals surface area (Å²) in [6, 6.07) is 10.3. The normalized spacial score (nSPS) is 12.8. The first-order valence-corrected chi connectivity index (χ1v) is 6.33. The van der Waals surface area contributed by atoms with Gasteiger partial charge in [0.2, 0.25) is 0 Å². The summed E-state index contributed by atoms with van der Waals surface area (Å²) in [5.41, 5.74) is 9.52. The number of hydrogen-bond acceptors (Lipinski definition) is 3. The molecular weight excluding hydrogens is 224 g/mol. The lowest BCUT2D eigenvalue weighted by molar-refractivity contribution is 0.190. The Hall–Kier alpha value is -1.45. The number of nitrogens with zero attached hydrogens (tertiary/aromatic N) is 1. The average molecular weight is 244 g/mol. The number of methoxy groups -OCH3 is 1. The number of para-hydroxylation sites is 1. The lowest BCUT2D eigenvalue weighted by atomic mass is 9.98. The maximum atomic E-state index is 6.29. The van der Waals surface area contributed by atoms with Crippen LogP contribution in [0.4, 0.5) is 0 Å². The van der Waals surface area contributed by atoms with Crippen LogP contribution in [0.2, 0.25) is 0 Å². The number of aromatic nitrogens is 1. The Morgan fingerprint density at radius 1 is 1.33 bits per heavy atom. The maximum Gasteiger partial charge on any atom is 0.0708 e. The second-order valence-electron chi connectivity index (χ2n) is 4.61. The lowest BCUT2D eigenvalue weighted by Gasteiger charge is -2.15. The summed E-state index contributed by atoms with van der Waals surface area (Å²) < 4.78 is 5.07. The van der Waals surface area contributed by atoms with Crippen LogP contribution in [0.3, 0.4) is 0 Å². The Labute approximate surface area is 108 Å². The van der Waals surface area contributed by atoms with Gasteiger partial charge >= 0.3 is 0 Å². The third kappa shape index (κ3) is 2.86. The highest BCUT2D eigenvalue weighted by molar-refractivity contribution is 5.82. The van der Waals surface area contributed by atoms with Crippen molar-refractivity contribution in [2.75, 3.05) is 13.7 Å². The highest BCUT2D eigenvalue weighted by atomic mass is 16.5. The van der Waals surface area contributed by atoms with Gasteiger partial charge in [-0.15, -0.1) is 0 Å². The molecule has 1 unspecified atom stereocenters. The molecule has 0 aliphatic carbocycles. The third-order valence-electron chi connectivity index (χ3n) is 3.14. The highest BCUT2D eigenvalue weighted by Gasteiger charge is 2.11. The lowest BCUT2D eigenvalue weighted by Crippen LogP contribution is -2.12. The van der Waals surface area contributed by atoms with E-state index in [2.05, 4.69) is 17.1 Å². The van der Waals surface area contributed by atoms with Crippen LogP contribution in [-0.2, 0) is 4.74 Å². The van der Waals surface area contributed by atoms with E-state index in [9.17, 15) is 0 Å². The molecule has 2 rings (SSSR count). The summed E-state index contributed by atoms with van der Waals surface area (Å²) >= 11 is 0. The molecule has 0 radical (unpaired) electrons. The molecule has 0 aliphatic rings. The molecule has 0 spiro atoms. The van der Waals surface area contributed by atoms with Crippen LogP contribution < -0.4 is 5.73 Å². The van der Waals surface area contributed by atoms with Crippen molar-refractivity contribution in [3.63, 3.8) is 0 Å². The SMILES string of the molecule is COCCCC(N)c1cc(C)nc2ccccc12. The first-order valence-electron chi connectivity index (χ1n) is 6.33. The van der Waals surface area contributed by atoms with Gasteiger partial charge in [-0.2, -0.15) is 0 Å². The number of aryl methyl sites for hydroxylation is 1. The van der Waals surface area contributed by atoms with Crippen molar-refractivity contribution in [2.45, 2.75) is 25.8 Å². The number of benzene rings is 1. The Morgan fingerprint density at radius 3 is 2.89 bits per heavy atom. The monoisotopic (exact) mass is 244 g/mol. The van der Waals surface area contributed by atoms with Crippen LogP contribution in [0.5, 0.6) is 0 Å². The van der Waals surface area contributed by atoms with E-state index >= 15 is 0 Å². The van der Waals surface area contributed by atoms with Gasteiger partial charge in [-0.25, -0.2) is 0 Å². The summed E-state index contributed by atoms with van der Waals surface area (Å²) in [5.74, 6) is 0. The van der Waals surface area contributed by atoms with Gasteiger partial charge in [-0.1, -0.05) is 18.2 Å². The fourth-order valence-corrected chi connectivity index (χ4v) is 2.25. The van der Waals surface area contributed by atoms with E-state index in [1.165, 1.54) is 5.56 Å². The first kappa shape index (κ1) is 13.0. The summed E-state index contributed by atoms with van der Waals surface area (Å²) in [6.45, 7) is 2.77. The predicted molar refractivity (Wildman–Crippen MR) is 74.5 cm³/mol. The standard InChI is InChI=1S/C15H20N2O/c1-11-10-13(14(16)7-5-9-18-2)12-6-3-4-8-15(12)17-11/h3-4,6,8,10,14H,5,7,9,16H2,1-2H3. The van der Waals surface area contributed by atoms with Crippen molar-refractivity contribution in [3.05, 3.63) is 41.6 Å². The molecule has 0 saturated heterocycles. The molecule has 1 heterocycles. The fraction of sp³-hybridized carbons (Fsp3) is 0.400. The van der Waals surface area contributed by atoms with Crippen molar-refractivity contribution in [1.82, 2.24) is 4.98 Å². The van der Waals surface area contributed by atoms with Gasteiger partial charge in [-0.3, -0.25) is 4.98 Å². The highest BCUT2D eigenvalue weighted by Crippen LogP contribution is 2.25. The fourth-order valence-electron chi connectivity index (χ4n) is 2.25. The van der Waals surface area contributed by atoms with Gasteiger partial charge in [0, 0.05) is 30.8 Å². The zero-order valence-electron chi connectivity index (χ0n) is 11.0. The molecule has 3 heteroatoms.